The molecule has 0 spiro atoms. The van der Waals surface area contributed by atoms with Gasteiger partial charge in [0.1, 0.15) is 0 Å². The monoisotopic (exact) mass is 248 g/mol. The molecule has 2 aliphatic rings. The average Bonchev–Trinajstić information content (AvgIpc) is 2.50. The van der Waals surface area contributed by atoms with Crippen LogP contribution in [0.15, 0.2) is 47.9 Å². The number of nitrogens with one attached hydrogen (secondary N) is 2. The van der Waals surface area contributed by atoms with E-state index in [4.69, 9.17) is 0 Å². The molecule has 0 aromatic rings. The number of allylic oxidation sites excluding steroid dienone is 5. The normalized spacial score (nSPS) is 30.5. The minimum Gasteiger partial charge on any atom is -0.379 e. The summed E-state index contributed by atoms with van der Waals surface area (Å²) in [4.78, 5) is 0. The topological polar surface area (TPSA) is 24.1 Å². The van der Waals surface area contributed by atoms with Crippen molar-refractivity contribution in [1.82, 2.24) is 10.6 Å². The molecule has 1 saturated heterocycles. The number of rotatable bonds is 2. The summed E-state index contributed by atoms with van der Waals surface area (Å²) in [6.07, 6.45) is 13.9. The highest BCUT2D eigenvalue weighted by atomic mass is 32.2. The molecule has 2 heterocycles. The molecule has 1 fully saturated rings. The van der Waals surface area contributed by atoms with E-state index in [1.54, 1.807) is 0 Å². The van der Waals surface area contributed by atoms with E-state index in [-0.39, 0.29) is 0 Å². The lowest BCUT2D eigenvalue weighted by Gasteiger charge is -2.24. The van der Waals surface area contributed by atoms with Gasteiger partial charge in [-0.1, -0.05) is 25.2 Å². The molecule has 0 radical (unpaired) electrons. The minimum atomic E-state index is 0.318. The third kappa shape index (κ3) is 3.19. The second-order valence-corrected chi connectivity index (χ2v) is 5.59. The van der Waals surface area contributed by atoms with E-state index >= 15 is 0 Å². The SMILES string of the molecule is CC/C=C/C=C1\NC(C)SCC2=CC=CNC21. The number of hydrogen-bond acceptors (Lipinski definition) is 3. The van der Waals surface area contributed by atoms with Gasteiger partial charge in [0.25, 0.3) is 0 Å². The molecule has 17 heavy (non-hydrogen) atoms. The van der Waals surface area contributed by atoms with Crippen molar-refractivity contribution in [3.05, 3.63) is 47.9 Å². The predicted octanol–water partition coefficient (Wildman–Crippen LogP) is 2.93. The first-order valence-electron chi connectivity index (χ1n) is 6.17. The summed E-state index contributed by atoms with van der Waals surface area (Å²) < 4.78 is 0. The highest BCUT2D eigenvalue weighted by molar-refractivity contribution is 8.00. The quantitative estimate of drug-likeness (QED) is 0.785. The van der Waals surface area contributed by atoms with Crippen LogP contribution < -0.4 is 10.6 Å². The van der Waals surface area contributed by atoms with Crippen LogP contribution in [0.2, 0.25) is 0 Å². The van der Waals surface area contributed by atoms with Crippen LogP contribution in [0.5, 0.6) is 0 Å². The van der Waals surface area contributed by atoms with E-state index in [0.29, 0.717) is 11.4 Å². The van der Waals surface area contributed by atoms with Gasteiger partial charge in [0.05, 0.1) is 11.4 Å². The first-order valence-corrected chi connectivity index (χ1v) is 7.22. The van der Waals surface area contributed by atoms with E-state index in [1.165, 1.54) is 11.3 Å². The van der Waals surface area contributed by atoms with Crippen molar-refractivity contribution in [3.8, 4) is 0 Å². The zero-order chi connectivity index (χ0) is 12.1. The second kappa shape index (κ2) is 6.01. The maximum atomic E-state index is 3.57. The Morgan fingerprint density at radius 2 is 2.41 bits per heavy atom. The molecule has 92 valence electrons. The molecule has 2 unspecified atom stereocenters. The van der Waals surface area contributed by atoms with Crippen molar-refractivity contribution in [1.29, 1.82) is 0 Å². The Bertz CT molecular complexity index is 380. The van der Waals surface area contributed by atoms with Gasteiger partial charge < -0.3 is 10.6 Å². The van der Waals surface area contributed by atoms with Gasteiger partial charge in [0, 0.05) is 11.4 Å². The van der Waals surface area contributed by atoms with Crippen molar-refractivity contribution in [3.63, 3.8) is 0 Å². The number of hydrogen-bond donors (Lipinski definition) is 2. The van der Waals surface area contributed by atoms with Crippen LogP contribution in [-0.4, -0.2) is 17.2 Å². The summed E-state index contributed by atoms with van der Waals surface area (Å²) in [7, 11) is 0. The molecule has 2 rings (SSSR count). The van der Waals surface area contributed by atoms with Crippen molar-refractivity contribution < 1.29 is 0 Å². The van der Waals surface area contributed by atoms with Crippen LogP contribution in [0.4, 0.5) is 0 Å². The van der Waals surface area contributed by atoms with Crippen LogP contribution in [0.3, 0.4) is 0 Å². The first kappa shape index (κ1) is 12.4. The molecule has 0 aromatic heterocycles. The van der Waals surface area contributed by atoms with E-state index in [2.05, 4.69) is 54.9 Å². The average molecular weight is 248 g/mol. The highest BCUT2D eigenvalue weighted by Gasteiger charge is 2.24. The van der Waals surface area contributed by atoms with Crippen molar-refractivity contribution >= 4 is 11.8 Å². The Morgan fingerprint density at radius 1 is 1.53 bits per heavy atom. The molecule has 2 aliphatic heterocycles. The van der Waals surface area contributed by atoms with Gasteiger partial charge in [-0.05, 0) is 37.3 Å². The Morgan fingerprint density at radius 3 is 3.24 bits per heavy atom. The minimum absolute atomic E-state index is 0.318. The van der Waals surface area contributed by atoms with Crippen molar-refractivity contribution in [2.24, 2.45) is 0 Å². The number of thioether (sulfide) groups is 1. The van der Waals surface area contributed by atoms with Gasteiger partial charge in [0.15, 0.2) is 0 Å². The number of fused-ring (bicyclic) bond motifs is 1. The lowest BCUT2D eigenvalue weighted by atomic mass is 10.0. The summed E-state index contributed by atoms with van der Waals surface area (Å²) in [5.41, 5.74) is 2.72. The molecule has 0 saturated carbocycles. The van der Waals surface area contributed by atoms with E-state index < -0.39 is 0 Å². The zero-order valence-corrected chi connectivity index (χ0v) is 11.3. The molecule has 3 heteroatoms. The van der Waals surface area contributed by atoms with Gasteiger partial charge in [-0.3, -0.25) is 0 Å². The summed E-state index contributed by atoms with van der Waals surface area (Å²) in [6.45, 7) is 4.37. The third-order valence-corrected chi connectivity index (χ3v) is 3.99. The van der Waals surface area contributed by atoms with Crippen molar-refractivity contribution in [2.75, 3.05) is 5.75 Å². The first-order chi connectivity index (χ1) is 8.31. The largest absolute Gasteiger partial charge is 0.379 e. The van der Waals surface area contributed by atoms with E-state index in [9.17, 15) is 0 Å². The summed E-state index contributed by atoms with van der Waals surface area (Å²) in [5, 5.41) is 7.47. The molecule has 0 amide bonds. The van der Waals surface area contributed by atoms with Crippen LogP contribution in [-0.2, 0) is 0 Å². The fraction of sp³-hybridized carbons (Fsp3) is 0.429. The summed E-state index contributed by atoms with van der Waals surface area (Å²) in [6, 6.07) is 0.318. The molecular weight excluding hydrogens is 228 g/mol. The second-order valence-electron chi connectivity index (χ2n) is 4.26. The van der Waals surface area contributed by atoms with Gasteiger partial charge in [-0.2, -0.15) is 0 Å². The lowest BCUT2D eigenvalue weighted by Crippen LogP contribution is -2.36. The molecular formula is C14H20N2S. The third-order valence-electron chi connectivity index (χ3n) is 2.87. The zero-order valence-electron chi connectivity index (χ0n) is 10.4. The molecule has 0 bridgehead atoms. The van der Waals surface area contributed by atoms with Crippen LogP contribution >= 0.6 is 11.8 Å². The van der Waals surface area contributed by atoms with Gasteiger partial charge in [0.2, 0.25) is 0 Å². The standard InChI is InChI=1S/C14H20N2S/c1-3-4-5-8-13-14-12(7-6-9-15-14)10-17-11(2)16-13/h4-9,11,14-16H,3,10H2,1-2H3/b5-4+,13-8-. The summed E-state index contributed by atoms with van der Waals surface area (Å²) >= 11 is 1.95. The van der Waals surface area contributed by atoms with Crippen LogP contribution in [0.1, 0.15) is 20.3 Å². The Labute approximate surface area is 108 Å². The Kier molecular flexibility index (Phi) is 4.37. The molecule has 2 N–H and O–H groups in total. The highest BCUT2D eigenvalue weighted by Crippen LogP contribution is 2.26. The van der Waals surface area contributed by atoms with Crippen molar-refractivity contribution in [2.45, 2.75) is 31.7 Å². The van der Waals surface area contributed by atoms with Crippen LogP contribution in [0, 0.1) is 0 Å². The van der Waals surface area contributed by atoms with Gasteiger partial charge in [-0.15, -0.1) is 11.8 Å². The molecule has 0 aromatic carbocycles. The van der Waals surface area contributed by atoms with E-state index in [0.717, 1.165) is 12.2 Å². The Balaban J connectivity index is 2.21. The maximum Gasteiger partial charge on any atom is 0.0881 e. The maximum absolute atomic E-state index is 3.57. The Hall–Kier alpha value is -1.09. The molecule has 0 aliphatic carbocycles. The number of dihydropyridines is 1. The van der Waals surface area contributed by atoms with E-state index in [1.807, 2.05) is 18.0 Å². The fourth-order valence-corrected chi connectivity index (χ4v) is 2.91. The fourth-order valence-electron chi connectivity index (χ4n) is 1.98. The summed E-state index contributed by atoms with van der Waals surface area (Å²) in [5.74, 6) is 1.09. The molecule has 2 atom stereocenters. The predicted molar refractivity (Wildman–Crippen MR) is 76.7 cm³/mol. The smallest absolute Gasteiger partial charge is 0.0881 e. The lowest BCUT2D eigenvalue weighted by molar-refractivity contribution is 0.666. The molecule has 2 nitrogen and oxygen atoms in total. The van der Waals surface area contributed by atoms with Gasteiger partial charge >= 0.3 is 0 Å². The van der Waals surface area contributed by atoms with Gasteiger partial charge in [-0.25, -0.2) is 0 Å². The van der Waals surface area contributed by atoms with Crippen LogP contribution in [0.25, 0.3) is 0 Å².